The standard InChI is InChI=1S/C21H27ClN3O3PS/c22-19-5-7-20(8-6-19)25(17-18-3-1-2-4-21(18)26)29(30,23-9-13-27-14-10-23)24-11-15-28-16-12-24/h1-8,26H,9-17H2. The number of phenolic OH excluding ortho intramolecular Hbond substituents is 1. The van der Waals surface area contributed by atoms with Gasteiger partial charge >= 0.3 is 0 Å². The summed E-state index contributed by atoms with van der Waals surface area (Å²) >= 11 is 12.8. The average molecular weight is 468 g/mol. The van der Waals surface area contributed by atoms with Crippen molar-refractivity contribution in [1.29, 1.82) is 0 Å². The summed E-state index contributed by atoms with van der Waals surface area (Å²) in [5.74, 6) is 0.280. The second-order valence-electron chi connectivity index (χ2n) is 7.31. The van der Waals surface area contributed by atoms with Crippen molar-refractivity contribution in [3.63, 3.8) is 0 Å². The molecule has 2 fully saturated rings. The first kappa shape index (κ1) is 22.0. The van der Waals surface area contributed by atoms with E-state index in [4.69, 9.17) is 32.9 Å². The topological polar surface area (TPSA) is 48.4 Å². The molecule has 0 spiro atoms. The van der Waals surface area contributed by atoms with Crippen LogP contribution >= 0.6 is 18.1 Å². The number of phenols is 1. The van der Waals surface area contributed by atoms with Crippen LogP contribution in [0.15, 0.2) is 48.5 Å². The van der Waals surface area contributed by atoms with E-state index < -0.39 is 6.49 Å². The minimum atomic E-state index is -2.38. The number of halogens is 1. The van der Waals surface area contributed by atoms with Crippen molar-refractivity contribution in [1.82, 2.24) is 9.34 Å². The van der Waals surface area contributed by atoms with E-state index in [2.05, 4.69) is 14.0 Å². The van der Waals surface area contributed by atoms with Crippen molar-refractivity contribution >= 4 is 35.6 Å². The molecule has 0 radical (unpaired) electrons. The summed E-state index contributed by atoms with van der Waals surface area (Å²) in [5, 5.41) is 11.2. The molecule has 30 heavy (non-hydrogen) atoms. The molecule has 0 bridgehead atoms. The number of anilines is 1. The third kappa shape index (κ3) is 4.68. The van der Waals surface area contributed by atoms with E-state index in [9.17, 15) is 5.11 Å². The van der Waals surface area contributed by atoms with Crippen molar-refractivity contribution in [2.24, 2.45) is 0 Å². The smallest absolute Gasteiger partial charge is 0.170 e. The largest absolute Gasteiger partial charge is 0.508 e. The minimum absolute atomic E-state index is 0.280. The van der Waals surface area contributed by atoms with Crippen LogP contribution in [0.2, 0.25) is 5.02 Å². The molecule has 0 atom stereocenters. The van der Waals surface area contributed by atoms with Gasteiger partial charge in [0.15, 0.2) is 6.49 Å². The molecule has 2 saturated heterocycles. The summed E-state index contributed by atoms with van der Waals surface area (Å²) < 4.78 is 18.4. The molecule has 162 valence electrons. The zero-order valence-electron chi connectivity index (χ0n) is 16.8. The average Bonchev–Trinajstić information content (AvgIpc) is 2.80. The first-order valence-corrected chi connectivity index (χ1v) is 13.2. The van der Waals surface area contributed by atoms with Gasteiger partial charge in [0.2, 0.25) is 0 Å². The summed E-state index contributed by atoms with van der Waals surface area (Å²) in [5.41, 5.74) is 1.85. The van der Waals surface area contributed by atoms with Gasteiger partial charge in [-0.2, -0.15) is 0 Å². The zero-order valence-corrected chi connectivity index (χ0v) is 19.3. The van der Waals surface area contributed by atoms with Crippen LogP contribution in [0.5, 0.6) is 5.75 Å². The number of hydrogen-bond acceptors (Lipinski definition) is 4. The quantitative estimate of drug-likeness (QED) is 0.646. The van der Waals surface area contributed by atoms with Gasteiger partial charge in [-0.05, 0) is 42.1 Å². The number of para-hydroxylation sites is 1. The summed E-state index contributed by atoms with van der Waals surface area (Å²) in [6.45, 7) is 3.99. The Morgan fingerprint density at radius 1 is 0.900 bits per heavy atom. The zero-order chi connectivity index (χ0) is 21.0. The van der Waals surface area contributed by atoms with Crippen LogP contribution < -0.4 is 4.67 Å². The SMILES string of the molecule is Oc1ccccc1CN(c1ccc(Cl)cc1)P(=S)(N1CCOCC1)N1CCOCC1. The maximum absolute atomic E-state index is 10.5. The maximum Gasteiger partial charge on any atom is 0.170 e. The van der Waals surface area contributed by atoms with Crippen LogP contribution in [-0.4, -0.2) is 67.1 Å². The predicted molar refractivity (Wildman–Crippen MR) is 125 cm³/mol. The van der Waals surface area contributed by atoms with E-state index in [1.165, 1.54) is 0 Å². The lowest BCUT2D eigenvalue weighted by atomic mass is 10.2. The molecular weight excluding hydrogens is 441 g/mol. The number of morpholine rings is 2. The van der Waals surface area contributed by atoms with Crippen LogP contribution in [0.25, 0.3) is 0 Å². The maximum atomic E-state index is 10.5. The fourth-order valence-corrected chi connectivity index (χ4v) is 8.54. The number of hydrogen-bond donors (Lipinski definition) is 1. The van der Waals surface area contributed by atoms with E-state index in [1.807, 2.05) is 42.5 Å². The predicted octanol–water partition coefficient (Wildman–Crippen LogP) is 3.94. The Morgan fingerprint density at radius 3 is 1.97 bits per heavy atom. The fraction of sp³-hybridized carbons (Fsp3) is 0.429. The third-order valence-corrected chi connectivity index (χ3v) is 11.0. The Labute approximate surface area is 188 Å². The first-order chi connectivity index (χ1) is 14.6. The summed E-state index contributed by atoms with van der Waals surface area (Å²) in [4.78, 5) is 0. The Hall–Kier alpha value is -1.18. The molecule has 9 heteroatoms. The fourth-order valence-electron chi connectivity index (χ4n) is 3.87. The summed E-state index contributed by atoms with van der Waals surface area (Å²) in [6.07, 6.45) is 0. The van der Waals surface area contributed by atoms with Gasteiger partial charge in [0.1, 0.15) is 5.75 Å². The second-order valence-corrected chi connectivity index (χ2v) is 11.9. The second kappa shape index (κ2) is 9.96. The third-order valence-electron chi connectivity index (χ3n) is 5.46. The number of benzene rings is 2. The first-order valence-electron chi connectivity index (χ1n) is 10.2. The molecule has 2 aliphatic rings. The number of nitrogens with zero attached hydrogens (tertiary/aromatic N) is 3. The van der Waals surface area contributed by atoms with Crippen LogP contribution in [-0.2, 0) is 27.8 Å². The Morgan fingerprint density at radius 2 is 1.43 bits per heavy atom. The molecule has 0 aliphatic carbocycles. The van der Waals surface area contributed by atoms with Gasteiger partial charge in [-0.25, -0.2) is 9.34 Å². The van der Waals surface area contributed by atoms with Crippen molar-refractivity contribution < 1.29 is 14.6 Å². The van der Waals surface area contributed by atoms with E-state index in [1.54, 1.807) is 6.07 Å². The van der Waals surface area contributed by atoms with Gasteiger partial charge < -0.3 is 19.3 Å². The monoisotopic (exact) mass is 467 g/mol. The highest BCUT2D eigenvalue weighted by molar-refractivity contribution is 8.13. The van der Waals surface area contributed by atoms with Crippen LogP contribution in [0, 0.1) is 0 Å². The summed E-state index contributed by atoms with van der Waals surface area (Å²) in [6, 6.07) is 15.3. The van der Waals surface area contributed by atoms with Gasteiger partial charge in [-0.3, -0.25) is 0 Å². The van der Waals surface area contributed by atoms with Gasteiger partial charge in [-0.1, -0.05) is 29.8 Å². The molecule has 2 aromatic rings. The normalized spacial score (nSPS) is 19.0. The summed E-state index contributed by atoms with van der Waals surface area (Å²) in [7, 11) is 0. The minimum Gasteiger partial charge on any atom is -0.508 e. The number of ether oxygens (including phenoxy) is 2. The van der Waals surface area contributed by atoms with Crippen molar-refractivity contribution in [2.75, 3.05) is 57.3 Å². The lowest BCUT2D eigenvalue weighted by molar-refractivity contribution is 0.0576. The van der Waals surface area contributed by atoms with E-state index >= 15 is 0 Å². The lowest BCUT2D eigenvalue weighted by Gasteiger charge is -2.51. The van der Waals surface area contributed by atoms with Gasteiger partial charge in [0.25, 0.3) is 0 Å². The molecular formula is C21H27ClN3O3PS. The molecule has 0 saturated carbocycles. The van der Waals surface area contributed by atoms with Gasteiger partial charge in [0, 0.05) is 42.5 Å². The van der Waals surface area contributed by atoms with E-state index in [0.717, 1.165) is 37.4 Å². The molecule has 6 nitrogen and oxygen atoms in total. The van der Waals surface area contributed by atoms with E-state index in [-0.39, 0.29) is 5.75 Å². The number of aromatic hydroxyl groups is 1. The molecule has 2 aromatic carbocycles. The van der Waals surface area contributed by atoms with Crippen molar-refractivity contribution in [2.45, 2.75) is 6.54 Å². The highest BCUT2D eigenvalue weighted by Crippen LogP contribution is 2.59. The van der Waals surface area contributed by atoms with Crippen molar-refractivity contribution in [3.05, 3.63) is 59.1 Å². The molecule has 0 unspecified atom stereocenters. The van der Waals surface area contributed by atoms with Gasteiger partial charge in [-0.15, -0.1) is 0 Å². The molecule has 0 aromatic heterocycles. The van der Waals surface area contributed by atoms with E-state index in [0.29, 0.717) is 38.0 Å². The molecule has 2 heterocycles. The highest BCUT2D eigenvalue weighted by Gasteiger charge is 2.40. The number of rotatable bonds is 6. The van der Waals surface area contributed by atoms with Crippen molar-refractivity contribution in [3.8, 4) is 5.75 Å². The van der Waals surface area contributed by atoms with Crippen LogP contribution in [0.4, 0.5) is 5.69 Å². The molecule has 2 aliphatic heterocycles. The van der Waals surface area contributed by atoms with Crippen LogP contribution in [0.1, 0.15) is 5.56 Å². The Kier molecular flexibility index (Phi) is 7.32. The molecule has 4 rings (SSSR count). The van der Waals surface area contributed by atoms with Gasteiger partial charge in [0.05, 0.1) is 33.0 Å². The Bertz CT molecular complexity index is 867. The lowest BCUT2D eigenvalue weighted by Crippen LogP contribution is -2.48. The molecule has 0 amide bonds. The Balaban J connectivity index is 1.80. The van der Waals surface area contributed by atoms with Crippen LogP contribution in [0.3, 0.4) is 0 Å². The highest BCUT2D eigenvalue weighted by atomic mass is 35.5. The molecule has 1 N–H and O–H groups in total.